The Kier molecular flexibility index (Phi) is 4.26. The molecule has 0 bridgehead atoms. The van der Waals surface area contributed by atoms with Crippen LogP contribution in [0.5, 0.6) is 0 Å². The molecule has 0 radical (unpaired) electrons. The summed E-state index contributed by atoms with van der Waals surface area (Å²) >= 11 is 0. The van der Waals surface area contributed by atoms with E-state index in [0.717, 1.165) is 25.2 Å². The predicted molar refractivity (Wildman–Crippen MR) is 76.1 cm³/mol. The topological polar surface area (TPSA) is 68.2 Å². The van der Waals surface area contributed by atoms with Crippen LogP contribution in [0.3, 0.4) is 0 Å². The maximum Gasteiger partial charge on any atom is 0.231 e. The third-order valence-corrected chi connectivity index (χ3v) is 3.74. The second-order valence-electron chi connectivity index (χ2n) is 5.46. The van der Waals surface area contributed by atoms with Crippen molar-refractivity contribution < 1.29 is 8.91 Å². The summed E-state index contributed by atoms with van der Waals surface area (Å²) in [5.74, 6) is 0.796. The van der Waals surface area contributed by atoms with Gasteiger partial charge in [0.2, 0.25) is 5.89 Å². The normalized spacial score (nSPS) is 17.2. The lowest BCUT2D eigenvalue weighted by molar-refractivity contribution is 0.305. The van der Waals surface area contributed by atoms with Gasteiger partial charge in [-0.2, -0.15) is 4.98 Å². The lowest BCUT2D eigenvalue weighted by atomic mass is 10.1. The van der Waals surface area contributed by atoms with Crippen molar-refractivity contribution in [2.75, 3.05) is 19.6 Å². The molecule has 0 amide bonds. The van der Waals surface area contributed by atoms with Crippen molar-refractivity contribution in [3.63, 3.8) is 0 Å². The van der Waals surface area contributed by atoms with Gasteiger partial charge in [0.25, 0.3) is 0 Å². The Bertz CT molecular complexity index is 578. The Morgan fingerprint density at radius 1 is 1.24 bits per heavy atom. The third-order valence-electron chi connectivity index (χ3n) is 3.74. The minimum Gasteiger partial charge on any atom is -0.339 e. The van der Waals surface area contributed by atoms with Crippen molar-refractivity contribution in [3.05, 3.63) is 47.4 Å². The number of aromatic nitrogens is 2. The van der Waals surface area contributed by atoms with Crippen LogP contribution in [0.25, 0.3) is 0 Å². The van der Waals surface area contributed by atoms with Crippen molar-refractivity contribution in [1.29, 1.82) is 0 Å². The molecule has 5 nitrogen and oxygen atoms in total. The van der Waals surface area contributed by atoms with E-state index < -0.39 is 0 Å². The molecule has 1 fully saturated rings. The van der Waals surface area contributed by atoms with Crippen molar-refractivity contribution in [3.8, 4) is 0 Å². The molecule has 112 valence electrons. The van der Waals surface area contributed by atoms with Gasteiger partial charge in [0.15, 0.2) is 5.82 Å². The fraction of sp³-hybridized carbons (Fsp3) is 0.467. The number of hydrogen-bond acceptors (Lipinski definition) is 5. The molecule has 1 unspecified atom stereocenters. The summed E-state index contributed by atoms with van der Waals surface area (Å²) in [6, 6.07) is 6.04. The summed E-state index contributed by atoms with van der Waals surface area (Å²) < 4.78 is 18.1. The zero-order chi connectivity index (χ0) is 14.7. The van der Waals surface area contributed by atoms with E-state index in [1.807, 2.05) is 0 Å². The van der Waals surface area contributed by atoms with E-state index in [1.54, 1.807) is 12.1 Å². The number of benzene rings is 1. The van der Waals surface area contributed by atoms with Gasteiger partial charge in [-0.3, -0.25) is 0 Å². The van der Waals surface area contributed by atoms with E-state index in [4.69, 9.17) is 10.3 Å². The highest BCUT2D eigenvalue weighted by atomic mass is 19.1. The fourth-order valence-electron chi connectivity index (χ4n) is 2.59. The van der Waals surface area contributed by atoms with Gasteiger partial charge >= 0.3 is 0 Å². The highest BCUT2D eigenvalue weighted by Crippen LogP contribution is 2.15. The predicted octanol–water partition coefficient (Wildman–Crippen LogP) is 1.90. The van der Waals surface area contributed by atoms with Gasteiger partial charge in [-0.1, -0.05) is 17.3 Å². The standard InChI is InChI=1S/C15H19FN4O/c16-12-5-3-11(4-6-12)9-14-18-15(19-21-14)13(17)10-20-7-1-2-8-20/h3-6,13H,1-2,7-10,17H2. The summed E-state index contributed by atoms with van der Waals surface area (Å²) in [5, 5.41) is 3.96. The summed E-state index contributed by atoms with van der Waals surface area (Å²) in [6.45, 7) is 2.94. The molecule has 2 N–H and O–H groups in total. The van der Waals surface area contributed by atoms with Gasteiger partial charge in [-0.25, -0.2) is 4.39 Å². The van der Waals surface area contributed by atoms with Crippen molar-refractivity contribution in [1.82, 2.24) is 15.0 Å². The van der Waals surface area contributed by atoms with Crippen LogP contribution in [0.15, 0.2) is 28.8 Å². The van der Waals surface area contributed by atoms with Crippen molar-refractivity contribution in [2.24, 2.45) is 5.73 Å². The number of hydrogen-bond donors (Lipinski definition) is 1. The van der Waals surface area contributed by atoms with E-state index >= 15 is 0 Å². The lowest BCUT2D eigenvalue weighted by Gasteiger charge is -2.17. The molecule has 1 aromatic heterocycles. The van der Waals surface area contributed by atoms with Crippen molar-refractivity contribution in [2.45, 2.75) is 25.3 Å². The highest BCUT2D eigenvalue weighted by Gasteiger charge is 2.20. The first-order valence-corrected chi connectivity index (χ1v) is 7.25. The van der Waals surface area contributed by atoms with E-state index in [0.29, 0.717) is 18.1 Å². The van der Waals surface area contributed by atoms with Gasteiger partial charge in [-0.15, -0.1) is 0 Å². The monoisotopic (exact) mass is 290 g/mol. The molecule has 1 aliphatic heterocycles. The largest absolute Gasteiger partial charge is 0.339 e. The first-order valence-electron chi connectivity index (χ1n) is 7.25. The van der Waals surface area contributed by atoms with Crippen LogP contribution in [0.2, 0.25) is 0 Å². The van der Waals surface area contributed by atoms with E-state index in [9.17, 15) is 4.39 Å². The molecule has 1 atom stereocenters. The van der Waals surface area contributed by atoms with Crippen LogP contribution in [-0.4, -0.2) is 34.7 Å². The van der Waals surface area contributed by atoms with E-state index in [-0.39, 0.29) is 11.9 Å². The molecule has 3 rings (SSSR count). The fourth-order valence-corrected chi connectivity index (χ4v) is 2.59. The number of nitrogens with two attached hydrogens (primary N) is 1. The van der Waals surface area contributed by atoms with Gasteiger partial charge in [-0.05, 0) is 43.6 Å². The summed E-state index contributed by atoms with van der Waals surface area (Å²) in [5.41, 5.74) is 7.06. The molecule has 2 aromatic rings. The second-order valence-corrected chi connectivity index (χ2v) is 5.46. The summed E-state index contributed by atoms with van der Waals surface area (Å²) in [6.07, 6.45) is 2.95. The molecule has 21 heavy (non-hydrogen) atoms. The van der Waals surface area contributed by atoms with Crippen LogP contribution >= 0.6 is 0 Å². The van der Waals surface area contributed by atoms with Crippen molar-refractivity contribution >= 4 is 0 Å². The Balaban J connectivity index is 1.61. The smallest absolute Gasteiger partial charge is 0.231 e. The zero-order valence-electron chi connectivity index (χ0n) is 11.8. The minimum atomic E-state index is -0.252. The number of rotatable bonds is 5. The minimum absolute atomic E-state index is 0.228. The summed E-state index contributed by atoms with van der Waals surface area (Å²) in [7, 11) is 0. The van der Waals surface area contributed by atoms with Gasteiger partial charge in [0.05, 0.1) is 12.5 Å². The number of nitrogens with zero attached hydrogens (tertiary/aromatic N) is 3. The van der Waals surface area contributed by atoms with Gasteiger partial charge < -0.3 is 15.2 Å². The molecule has 6 heteroatoms. The molecule has 1 aliphatic rings. The van der Waals surface area contributed by atoms with Crippen LogP contribution in [0, 0.1) is 5.82 Å². The maximum atomic E-state index is 12.9. The number of likely N-dealkylation sites (tertiary alicyclic amines) is 1. The van der Waals surface area contributed by atoms with Crippen LogP contribution in [0.1, 0.15) is 36.2 Å². The number of halogens is 1. The van der Waals surface area contributed by atoms with Gasteiger partial charge in [0, 0.05) is 6.54 Å². The Morgan fingerprint density at radius 3 is 2.67 bits per heavy atom. The second kappa shape index (κ2) is 6.32. The van der Waals surface area contributed by atoms with E-state index in [2.05, 4.69) is 15.0 Å². The zero-order valence-corrected chi connectivity index (χ0v) is 11.8. The van der Waals surface area contributed by atoms with Crippen LogP contribution in [0.4, 0.5) is 4.39 Å². The highest BCUT2D eigenvalue weighted by molar-refractivity contribution is 5.19. The quantitative estimate of drug-likeness (QED) is 0.911. The summed E-state index contributed by atoms with van der Waals surface area (Å²) in [4.78, 5) is 6.67. The van der Waals surface area contributed by atoms with Crippen LogP contribution in [-0.2, 0) is 6.42 Å². The lowest BCUT2D eigenvalue weighted by Crippen LogP contribution is -2.30. The Hall–Kier alpha value is -1.79. The molecule has 1 saturated heterocycles. The molecule has 1 aromatic carbocycles. The Labute approximate surface area is 122 Å². The molecular formula is C15H19FN4O. The first kappa shape index (κ1) is 14.2. The Morgan fingerprint density at radius 2 is 1.95 bits per heavy atom. The first-order chi connectivity index (χ1) is 10.2. The average molecular weight is 290 g/mol. The molecule has 0 aliphatic carbocycles. The third kappa shape index (κ3) is 3.65. The molecule has 0 saturated carbocycles. The van der Waals surface area contributed by atoms with E-state index in [1.165, 1.54) is 25.0 Å². The molecular weight excluding hydrogens is 271 g/mol. The van der Waals surface area contributed by atoms with Crippen LogP contribution < -0.4 is 5.73 Å². The molecule has 0 spiro atoms. The average Bonchev–Trinajstić information content (AvgIpc) is 3.13. The molecule has 2 heterocycles. The maximum absolute atomic E-state index is 12.9. The SMILES string of the molecule is NC(CN1CCCC1)c1noc(Cc2ccc(F)cc2)n1. The van der Waals surface area contributed by atoms with Gasteiger partial charge in [0.1, 0.15) is 5.82 Å².